The summed E-state index contributed by atoms with van der Waals surface area (Å²) in [5.74, 6) is 0.172. The third kappa shape index (κ3) is 1.16. The number of carbonyl (C=O) groups excluding carboxylic acids is 1. The molecule has 0 aliphatic carbocycles. The van der Waals surface area contributed by atoms with E-state index < -0.39 is 0 Å². The van der Waals surface area contributed by atoms with Gasteiger partial charge in [-0.15, -0.1) is 0 Å². The summed E-state index contributed by atoms with van der Waals surface area (Å²) in [5, 5.41) is 11.3. The summed E-state index contributed by atoms with van der Waals surface area (Å²) in [4.78, 5) is 10.9. The monoisotopic (exact) mass is 186 g/mol. The lowest BCUT2D eigenvalue weighted by Gasteiger charge is -2.06. The van der Waals surface area contributed by atoms with E-state index in [-0.39, 0.29) is 5.75 Å². The van der Waals surface area contributed by atoms with Crippen molar-refractivity contribution in [2.45, 2.75) is 6.92 Å². The summed E-state index contributed by atoms with van der Waals surface area (Å²) < 4.78 is 0. The van der Waals surface area contributed by atoms with Gasteiger partial charge in [0.2, 0.25) is 0 Å². The van der Waals surface area contributed by atoms with Gasteiger partial charge >= 0.3 is 0 Å². The largest absolute Gasteiger partial charge is 0.508 e. The fourth-order valence-electron chi connectivity index (χ4n) is 1.62. The normalized spacial score (nSPS) is 10.4. The number of hydrogen-bond donors (Lipinski definition) is 1. The topological polar surface area (TPSA) is 37.3 Å². The molecule has 0 saturated heterocycles. The Balaban J connectivity index is 2.96. The van der Waals surface area contributed by atoms with Gasteiger partial charge in [0.15, 0.2) is 6.29 Å². The Hall–Kier alpha value is -1.83. The molecule has 0 aromatic heterocycles. The Kier molecular flexibility index (Phi) is 1.97. The highest BCUT2D eigenvalue weighted by molar-refractivity contribution is 6.00. The first-order valence-electron chi connectivity index (χ1n) is 4.40. The minimum absolute atomic E-state index is 0.172. The molecule has 0 bridgehead atoms. The van der Waals surface area contributed by atoms with Gasteiger partial charge in [-0.1, -0.05) is 24.3 Å². The van der Waals surface area contributed by atoms with Gasteiger partial charge in [0.25, 0.3) is 0 Å². The summed E-state index contributed by atoms with van der Waals surface area (Å²) in [7, 11) is 0. The van der Waals surface area contributed by atoms with E-state index in [1.807, 2.05) is 24.3 Å². The zero-order valence-corrected chi connectivity index (χ0v) is 7.82. The highest BCUT2D eigenvalue weighted by Crippen LogP contribution is 2.28. The third-order valence-electron chi connectivity index (χ3n) is 2.45. The van der Waals surface area contributed by atoms with E-state index in [9.17, 15) is 9.90 Å². The summed E-state index contributed by atoms with van der Waals surface area (Å²) in [6.45, 7) is 1.74. The molecule has 0 aliphatic heterocycles. The molecule has 2 nitrogen and oxygen atoms in total. The van der Waals surface area contributed by atoms with E-state index >= 15 is 0 Å². The average Bonchev–Trinajstić information content (AvgIpc) is 2.20. The predicted molar refractivity (Wildman–Crippen MR) is 55.7 cm³/mol. The predicted octanol–water partition coefficient (Wildman–Crippen LogP) is 2.67. The molecule has 0 atom stereocenters. The van der Waals surface area contributed by atoms with Crippen LogP contribution in [0.5, 0.6) is 5.75 Å². The van der Waals surface area contributed by atoms with Crippen LogP contribution in [0.1, 0.15) is 15.9 Å². The number of benzene rings is 2. The van der Waals surface area contributed by atoms with Gasteiger partial charge in [0.1, 0.15) is 5.75 Å². The highest BCUT2D eigenvalue weighted by atomic mass is 16.3. The zero-order valence-electron chi connectivity index (χ0n) is 7.82. The van der Waals surface area contributed by atoms with Gasteiger partial charge in [-0.3, -0.25) is 4.79 Å². The minimum atomic E-state index is 0.172. The summed E-state index contributed by atoms with van der Waals surface area (Å²) in [6, 6.07) is 9.20. The SMILES string of the molecule is Cc1c(O)cc2ccccc2c1C=O. The maximum atomic E-state index is 10.9. The van der Waals surface area contributed by atoms with Crippen LogP contribution in [0, 0.1) is 6.92 Å². The second kappa shape index (κ2) is 3.14. The molecular weight excluding hydrogens is 176 g/mol. The van der Waals surface area contributed by atoms with Crippen LogP contribution in [0.2, 0.25) is 0 Å². The first kappa shape index (κ1) is 8.75. The molecular formula is C12H10O2. The Labute approximate surface area is 81.8 Å². The maximum Gasteiger partial charge on any atom is 0.151 e. The number of aromatic hydroxyl groups is 1. The van der Waals surface area contributed by atoms with Crippen LogP contribution in [-0.2, 0) is 0 Å². The average molecular weight is 186 g/mol. The lowest BCUT2D eigenvalue weighted by atomic mass is 10.00. The number of aldehydes is 1. The van der Waals surface area contributed by atoms with Crippen molar-refractivity contribution in [1.82, 2.24) is 0 Å². The molecule has 0 radical (unpaired) electrons. The Morgan fingerprint density at radius 3 is 2.71 bits per heavy atom. The maximum absolute atomic E-state index is 10.9. The molecule has 0 saturated carbocycles. The fraction of sp³-hybridized carbons (Fsp3) is 0.0833. The smallest absolute Gasteiger partial charge is 0.151 e. The van der Waals surface area contributed by atoms with Crippen LogP contribution >= 0.6 is 0 Å². The van der Waals surface area contributed by atoms with E-state index in [4.69, 9.17) is 0 Å². The Bertz CT molecular complexity index is 501. The summed E-state index contributed by atoms with van der Waals surface area (Å²) in [6.07, 6.45) is 0.789. The number of rotatable bonds is 1. The summed E-state index contributed by atoms with van der Waals surface area (Å²) >= 11 is 0. The Morgan fingerprint density at radius 1 is 1.29 bits per heavy atom. The lowest BCUT2D eigenvalue weighted by Crippen LogP contribution is -1.89. The molecule has 0 amide bonds. The van der Waals surface area contributed by atoms with Crippen LogP contribution in [-0.4, -0.2) is 11.4 Å². The van der Waals surface area contributed by atoms with Crippen molar-refractivity contribution in [3.63, 3.8) is 0 Å². The second-order valence-corrected chi connectivity index (χ2v) is 3.27. The van der Waals surface area contributed by atoms with Crippen molar-refractivity contribution in [3.05, 3.63) is 41.5 Å². The second-order valence-electron chi connectivity index (χ2n) is 3.27. The molecule has 14 heavy (non-hydrogen) atoms. The molecule has 1 N–H and O–H groups in total. The van der Waals surface area contributed by atoms with E-state index in [1.54, 1.807) is 13.0 Å². The van der Waals surface area contributed by atoms with Crippen molar-refractivity contribution in [2.24, 2.45) is 0 Å². The quantitative estimate of drug-likeness (QED) is 0.695. The molecule has 0 heterocycles. The molecule has 2 aromatic carbocycles. The van der Waals surface area contributed by atoms with Gasteiger partial charge in [-0.2, -0.15) is 0 Å². The van der Waals surface area contributed by atoms with Crippen molar-refractivity contribution in [1.29, 1.82) is 0 Å². The van der Waals surface area contributed by atoms with E-state index in [2.05, 4.69) is 0 Å². The standard InChI is InChI=1S/C12H10O2/c1-8-11(7-13)10-5-3-2-4-9(10)6-12(8)14/h2-7,14H,1H3. The zero-order chi connectivity index (χ0) is 10.1. The molecule has 0 fully saturated rings. The van der Waals surface area contributed by atoms with Crippen molar-refractivity contribution < 1.29 is 9.90 Å². The third-order valence-corrected chi connectivity index (χ3v) is 2.45. The molecule has 2 heteroatoms. The van der Waals surface area contributed by atoms with E-state index in [0.717, 1.165) is 17.1 Å². The van der Waals surface area contributed by atoms with Gasteiger partial charge in [-0.25, -0.2) is 0 Å². The molecule has 70 valence electrons. The number of fused-ring (bicyclic) bond motifs is 1. The molecule has 2 rings (SSSR count). The lowest BCUT2D eigenvalue weighted by molar-refractivity contribution is 0.112. The Morgan fingerprint density at radius 2 is 2.00 bits per heavy atom. The number of carbonyl (C=O) groups is 1. The molecule has 0 unspecified atom stereocenters. The van der Waals surface area contributed by atoms with E-state index in [0.29, 0.717) is 11.1 Å². The molecule has 0 spiro atoms. The van der Waals surface area contributed by atoms with Crippen molar-refractivity contribution in [3.8, 4) is 5.75 Å². The van der Waals surface area contributed by atoms with Crippen molar-refractivity contribution in [2.75, 3.05) is 0 Å². The highest BCUT2D eigenvalue weighted by Gasteiger charge is 2.07. The molecule has 2 aromatic rings. The first-order valence-corrected chi connectivity index (χ1v) is 4.40. The van der Waals surface area contributed by atoms with Crippen molar-refractivity contribution >= 4 is 17.1 Å². The van der Waals surface area contributed by atoms with Crippen LogP contribution in [0.3, 0.4) is 0 Å². The number of hydrogen-bond acceptors (Lipinski definition) is 2. The molecule has 0 aliphatic rings. The van der Waals surface area contributed by atoms with Gasteiger partial charge in [0, 0.05) is 11.1 Å². The van der Waals surface area contributed by atoms with Gasteiger partial charge < -0.3 is 5.11 Å². The fourth-order valence-corrected chi connectivity index (χ4v) is 1.62. The van der Waals surface area contributed by atoms with Gasteiger partial charge in [0.05, 0.1) is 0 Å². The van der Waals surface area contributed by atoms with E-state index in [1.165, 1.54) is 0 Å². The van der Waals surface area contributed by atoms with Crippen LogP contribution in [0.25, 0.3) is 10.8 Å². The van der Waals surface area contributed by atoms with Crippen LogP contribution < -0.4 is 0 Å². The summed E-state index contributed by atoms with van der Waals surface area (Å²) in [5.41, 5.74) is 1.21. The van der Waals surface area contributed by atoms with Crippen LogP contribution in [0.4, 0.5) is 0 Å². The number of phenolic OH excluding ortho intramolecular Hbond substituents is 1. The van der Waals surface area contributed by atoms with Gasteiger partial charge in [-0.05, 0) is 23.8 Å². The van der Waals surface area contributed by atoms with Crippen LogP contribution in [0.15, 0.2) is 30.3 Å². The number of phenols is 1. The minimum Gasteiger partial charge on any atom is -0.508 e. The first-order chi connectivity index (χ1) is 6.74.